The smallest absolute Gasteiger partial charge is 0.258 e. The highest BCUT2D eigenvalue weighted by molar-refractivity contribution is 6.11. The van der Waals surface area contributed by atoms with Crippen molar-refractivity contribution in [1.29, 1.82) is 0 Å². The van der Waals surface area contributed by atoms with E-state index in [9.17, 15) is 27.6 Å². The second-order valence-corrected chi connectivity index (χ2v) is 19.9. The Morgan fingerprint density at radius 1 is 0.358 bits per heavy atom. The van der Waals surface area contributed by atoms with Gasteiger partial charge in [-0.05, 0) is 110 Å². The van der Waals surface area contributed by atoms with Gasteiger partial charge in [0.2, 0.25) is 0 Å². The van der Waals surface area contributed by atoms with Crippen LogP contribution in [0.1, 0.15) is 64.5 Å². The largest absolute Gasteiger partial charge is 0.341 e. The normalized spacial score (nSPS) is 10.9. The van der Waals surface area contributed by atoms with E-state index in [2.05, 4.69) is 123 Å². The van der Waals surface area contributed by atoms with Crippen LogP contribution in [0.5, 0.6) is 0 Å². The molecule has 0 spiro atoms. The SMILES string of the molecule is Cc1ccc(Cn2cc(NC(=O)c3ccc(F)cc3)c3ccccc32)cc1.Cc1ccc(Cn2cc(NC(=O)c3cccc(F)c3)c3ccccc32)cc1.Cc1ccc(Cn2cc(NC(=O)c3ccccc3F)c3ccccc32)cc1. The molecule has 3 heterocycles. The first kappa shape index (κ1) is 54.2. The maximum atomic E-state index is 13.9. The Labute approximate surface area is 467 Å². The van der Waals surface area contributed by atoms with Gasteiger partial charge in [0.1, 0.15) is 17.5 Å². The van der Waals surface area contributed by atoms with Crippen LogP contribution < -0.4 is 16.0 Å². The van der Waals surface area contributed by atoms with E-state index in [1.807, 2.05) is 91.4 Å². The van der Waals surface area contributed by atoms with Crippen molar-refractivity contribution in [3.05, 3.63) is 305 Å². The minimum absolute atomic E-state index is 0.0351. The Bertz CT molecular complexity index is 4180. The summed E-state index contributed by atoms with van der Waals surface area (Å²) < 4.78 is 46.7. The molecule has 0 bridgehead atoms. The van der Waals surface area contributed by atoms with Crippen LogP contribution in [0.2, 0.25) is 0 Å². The fourth-order valence-corrected chi connectivity index (χ4v) is 9.56. The van der Waals surface area contributed by atoms with Crippen molar-refractivity contribution in [2.24, 2.45) is 0 Å². The lowest BCUT2D eigenvalue weighted by molar-refractivity contribution is 0.101. The lowest BCUT2D eigenvalue weighted by Crippen LogP contribution is -2.13. The highest BCUT2D eigenvalue weighted by Crippen LogP contribution is 2.31. The van der Waals surface area contributed by atoms with Gasteiger partial charge in [0.15, 0.2) is 0 Å². The van der Waals surface area contributed by atoms with E-state index in [0.717, 1.165) is 38.4 Å². The summed E-state index contributed by atoms with van der Waals surface area (Å²) in [6.45, 7) is 8.30. The number of nitrogens with zero attached hydrogens (tertiary/aromatic N) is 3. The third-order valence-electron chi connectivity index (χ3n) is 13.8. The maximum absolute atomic E-state index is 13.9. The van der Waals surface area contributed by atoms with Gasteiger partial charge in [0.05, 0.1) is 39.2 Å². The Balaban J connectivity index is 0.000000136. The van der Waals surface area contributed by atoms with E-state index in [-0.39, 0.29) is 23.2 Å². The molecule has 9 nitrogen and oxygen atoms in total. The third-order valence-corrected chi connectivity index (χ3v) is 13.8. The first-order valence-electron chi connectivity index (χ1n) is 26.4. The third kappa shape index (κ3) is 13.2. The molecule has 9 aromatic carbocycles. The van der Waals surface area contributed by atoms with Gasteiger partial charge in [-0.25, -0.2) is 13.2 Å². The van der Waals surface area contributed by atoms with E-state index in [1.54, 1.807) is 18.2 Å². The van der Waals surface area contributed by atoms with E-state index < -0.39 is 17.5 Å². The van der Waals surface area contributed by atoms with E-state index in [4.69, 9.17) is 0 Å². The van der Waals surface area contributed by atoms with Gasteiger partial charge in [-0.3, -0.25) is 14.4 Å². The van der Waals surface area contributed by atoms with Crippen LogP contribution in [0.4, 0.5) is 30.2 Å². The van der Waals surface area contributed by atoms with E-state index in [1.165, 1.54) is 88.0 Å². The number of fused-ring (bicyclic) bond motifs is 3. The van der Waals surface area contributed by atoms with Crippen LogP contribution in [0.15, 0.2) is 237 Å². The molecule has 0 unspecified atom stereocenters. The van der Waals surface area contributed by atoms with Gasteiger partial charge in [-0.15, -0.1) is 0 Å². The first-order chi connectivity index (χ1) is 39.3. The molecule has 0 aliphatic carbocycles. The molecule has 81 heavy (non-hydrogen) atoms. The fraction of sp³-hybridized carbons (Fsp3) is 0.0870. The number of rotatable bonds is 12. The Hall–Kier alpha value is -10.2. The predicted octanol–water partition coefficient (Wildman–Crippen LogP) is 16.2. The summed E-state index contributed by atoms with van der Waals surface area (Å²) in [6, 6.07) is 66.2. The zero-order valence-corrected chi connectivity index (χ0v) is 44.8. The summed E-state index contributed by atoms with van der Waals surface area (Å²) in [5.74, 6) is -2.35. The second kappa shape index (κ2) is 24.6. The number of anilines is 3. The number of halogens is 3. The van der Waals surface area contributed by atoms with Crippen LogP contribution in [-0.4, -0.2) is 31.4 Å². The number of amides is 3. The molecule has 3 aromatic heterocycles. The number of nitrogens with one attached hydrogen (secondary N) is 3. The number of aryl methyl sites for hydroxylation is 3. The average Bonchev–Trinajstić information content (AvgIpc) is 4.13. The number of benzene rings is 9. The monoisotopic (exact) mass is 1070 g/mol. The van der Waals surface area contributed by atoms with Crippen molar-refractivity contribution in [2.75, 3.05) is 16.0 Å². The highest BCUT2D eigenvalue weighted by Gasteiger charge is 2.17. The molecule has 402 valence electrons. The Morgan fingerprint density at radius 3 is 1.14 bits per heavy atom. The standard InChI is InChI=1S/3C23H19FN2O/c1-16-10-12-17(13-11-16)14-26-15-21(19-7-3-5-9-22(19)26)25-23(27)18-6-2-4-8-20(18)24;1-16-9-11-17(12-10-16)14-26-15-21(20-7-2-3-8-22(20)26)25-23(27)18-5-4-6-19(24)13-18;1-16-6-8-17(9-7-16)14-26-15-21(20-4-2-3-5-22(20)26)25-23(27)18-10-12-19(24)13-11-18/h3*2-13,15H,14H2,1H3,(H,25,27). The molecule has 0 atom stereocenters. The lowest BCUT2D eigenvalue weighted by atomic mass is 10.1. The predicted molar refractivity (Wildman–Crippen MR) is 320 cm³/mol. The van der Waals surface area contributed by atoms with Crippen molar-refractivity contribution < 1.29 is 27.6 Å². The van der Waals surface area contributed by atoms with Gasteiger partial charge in [-0.1, -0.05) is 162 Å². The molecule has 12 rings (SSSR count). The highest BCUT2D eigenvalue weighted by atomic mass is 19.1. The van der Waals surface area contributed by atoms with Crippen LogP contribution in [0.25, 0.3) is 32.7 Å². The zero-order valence-electron chi connectivity index (χ0n) is 44.8. The van der Waals surface area contributed by atoms with Crippen molar-refractivity contribution in [3.63, 3.8) is 0 Å². The van der Waals surface area contributed by atoms with Gasteiger partial charge < -0.3 is 29.7 Å². The molecule has 0 saturated heterocycles. The molecule has 12 aromatic rings. The van der Waals surface area contributed by atoms with E-state index >= 15 is 0 Å². The summed E-state index contributed by atoms with van der Waals surface area (Å²) >= 11 is 0. The van der Waals surface area contributed by atoms with Crippen molar-refractivity contribution >= 4 is 67.5 Å². The molecule has 0 saturated carbocycles. The minimum Gasteiger partial charge on any atom is -0.341 e. The van der Waals surface area contributed by atoms with Crippen LogP contribution >= 0.6 is 0 Å². The van der Waals surface area contributed by atoms with E-state index in [0.29, 0.717) is 42.1 Å². The number of hydrogen-bond donors (Lipinski definition) is 3. The molecular weight excluding hydrogens is 1020 g/mol. The first-order valence-corrected chi connectivity index (χ1v) is 26.4. The molecule has 0 aliphatic rings. The molecule has 3 N–H and O–H groups in total. The van der Waals surface area contributed by atoms with Crippen molar-refractivity contribution in [2.45, 2.75) is 40.4 Å². The topological polar surface area (TPSA) is 102 Å². The average molecular weight is 1080 g/mol. The number of para-hydroxylation sites is 3. The zero-order chi connectivity index (χ0) is 56.4. The maximum Gasteiger partial charge on any atom is 0.258 e. The summed E-state index contributed by atoms with van der Waals surface area (Å²) in [5, 5.41) is 11.6. The summed E-state index contributed by atoms with van der Waals surface area (Å²) in [7, 11) is 0. The van der Waals surface area contributed by atoms with Gasteiger partial charge in [-0.2, -0.15) is 0 Å². The van der Waals surface area contributed by atoms with Crippen LogP contribution in [0, 0.1) is 38.2 Å². The van der Waals surface area contributed by atoms with Gasteiger partial charge in [0.25, 0.3) is 17.7 Å². The molecule has 0 aliphatic heterocycles. The van der Waals surface area contributed by atoms with Gasteiger partial charge in [0, 0.05) is 65.5 Å². The molecule has 0 radical (unpaired) electrons. The molecule has 3 amide bonds. The summed E-state index contributed by atoms with van der Waals surface area (Å²) in [6.07, 6.45) is 5.79. The molecule has 0 fully saturated rings. The second-order valence-electron chi connectivity index (χ2n) is 19.9. The van der Waals surface area contributed by atoms with Gasteiger partial charge >= 0.3 is 0 Å². The van der Waals surface area contributed by atoms with Crippen LogP contribution in [-0.2, 0) is 19.6 Å². The Morgan fingerprint density at radius 2 is 0.728 bits per heavy atom. The van der Waals surface area contributed by atoms with Crippen LogP contribution in [0.3, 0.4) is 0 Å². The lowest BCUT2D eigenvalue weighted by Gasteiger charge is -2.06. The molecular formula is C69H57F3N6O3. The summed E-state index contributed by atoms with van der Waals surface area (Å²) in [4.78, 5) is 37.6. The fourth-order valence-electron chi connectivity index (χ4n) is 9.56. The number of carbonyl (C=O) groups excluding carboxylic acids is 3. The number of carbonyl (C=O) groups is 3. The number of aromatic nitrogens is 3. The summed E-state index contributed by atoms with van der Waals surface area (Å²) in [5.41, 5.74) is 13.2. The van der Waals surface area contributed by atoms with Crippen molar-refractivity contribution in [1.82, 2.24) is 13.7 Å². The Kier molecular flexibility index (Phi) is 16.5. The number of hydrogen-bond acceptors (Lipinski definition) is 3. The van der Waals surface area contributed by atoms with Crippen molar-refractivity contribution in [3.8, 4) is 0 Å². The molecule has 12 heteroatoms. The minimum atomic E-state index is -0.529. The quantitative estimate of drug-likeness (QED) is 0.114.